The molecule has 0 bridgehead atoms. The summed E-state index contributed by atoms with van der Waals surface area (Å²) < 4.78 is 0. The summed E-state index contributed by atoms with van der Waals surface area (Å²) in [6.45, 7) is 3.86. The summed E-state index contributed by atoms with van der Waals surface area (Å²) in [4.78, 5) is 13.5. The molecule has 3 rings (SSSR count). The van der Waals surface area contributed by atoms with Crippen LogP contribution in [0.5, 0.6) is 0 Å². The van der Waals surface area contributed by atoms with Gasteiger partial charge >= 0.3 is 0 Å². The second-order valence-corrected chi connectivity index (χ2v) is 7.26. The van der Waals surface area contributed by atoms with Gasteiger partial charge in [-0.05, 0) is 60.1 Å². The summed E-state index contributed by atoms with van der Waals surface area (Å²) in [7, 11) is 0. The quantitative estimate of drug-likeness (QED) is 0.374. The Hall–Kier alpha value is -2.47. The average molecular weight is 380 g/mol. The summed E-state index contributed by atoms with van der Waals surface area (Å²) in [5.74, 6) is -0.538. The molecule has 0 heterocycles. The largest absolute Gasteiger partial charge is 0.395 e. The van der Waals surface area contributed by atoms with Crippen LogP contribution < -0.4 is 5.48 Å². The fourth-order valence-corrected chi connectivity index (χ4v) is 4.01. The van der Waals surface area contributed by atoms with Crippen LogP contribution in [0.15, 0.2) is 48.5 Å². The lowest BCUT2D eigenvalue weighted by molar-refractivity contribution is -0.124. The molecule has 1 aliphatic rings. The van der Waals surface area contributed by atoms with Gasteiger partial charge in [0.1, 0.15) is 0 Å². The van der Waals surface area contributed by atoms with E-state index in [9.17, 15) is 9.90 Å². The van der Waals surface area contributed by atoms with Crippen molar-refractivity contribution in [1.82, 2.24) is 10.4 Å². The SMILES string of the molecule is Cc1ccccc1CCN(CCO)C1CCc2cc(C=CC(=O)NO)ccc21. The number of fused-ring (bicyclic) bond motifs is 1. The van der Waals surface area contributed by atoms with Crippen LogP contribution in [0.4, 0.5) is 0 Å². The van der Waals surface area contributed by atoms with Crippen molar-refractivity contribution in [2.75, 3.05) is 19.7 Å². The predicted octanol–water partition coefficient (Wildman–Crippen LogP) is 3.04. The third-order valence-corrected chi connectivity index (χ3v) is 5.51. The zero-order valence-electron chi connectivity index (χ0n) is 16.3. The first-order valence-corrected chi connectivity index (χ1v) is 9.76. The summed E-state index contributed by atoms with van der Waals surface area (Å²) in [6.07, 6.45) is 6.00. The zero-order chi connectivity index (χ0) is 19.9. The molecule has 0 aromatic heterocycles. The van der Waals surface area contributed by atoms with Gasteiger partial charge in [-0.3, -0.25) is 14.9 Å². The van der Waals surface area contributed by atoms with Crippen LogP contribution in [0.3, 0.4) is 0 Å². The highest BCUT2D eigenvalue weighted by molar-refractivity contribution is 5.90. The maximum absolute atomic E-state index is 11.2. The topological polar surface area (TPSA) is 72.8 Å². The summed E-state index contributed by atoms with van der Waals surface area (Å²) in [6, 6.07) is 15.0. The van der Waals surface area contributed by atoms with E-state index in [1.165, 1.54) is 28.3 Å². The maximum Gasteiger partial charge on any atom is 0.267 e. The molecule has 0 saturated heterocycles. The van der Waals surface area contributed by atoms with Crippen LogP contribution in [0.1, 0.15) is 40.3 Å². The van der Waals surface area contributed by atoms with Crippen LogP contribution in [0, 0.1) is 6.92 Å². The monoisotopic (exact) mass is 380 g/mol. The first-order chi connectivity index (χ1) is 13.6. The molecular weight excluding hydrogens is 352 g/mol. The van der Waals surface area contributed by atoms with Crippen LogP contribution in [-0.2, 0) is 17.6 Å². The molecule has 3 N–H and O–H groups in total. The van der Waals surface area contributed by atoms with E-state index in [4.69, 9.17) is 5.21 Å². The molecule has 1 unspecified atom stereocenters. The number of rotatable bonds is 8. The Morgan fingerprint density at radius 1 is 1.25 bits per heavy atom. The number of hydrogen-bond donors (Lipinski definition) is 3. The number of aliphatic hydroxyl groups excluding tert-OH is 1. The Kier molecular flexibility index (Phi) is 6.98. The van der Waals surface area contributed by atoms with Gasteiger partial charge in [0.05, 0.1) is 6.61 Å². The number of nitrogens with zero attached hydrogens (tertiary/aromatic N) is 1. The fraction of sp³-hybridized carbons (Fsp3) is 0.348. The van der Waals surface area contributed by atoms with E-state index in [1.807, 2.05) is 6.07 Å². The molecule has 0 radical (unpaired) electrons. The Balaban J connectivity index is 1.73. The van der Waals surface area contributed by atoms with Crippen molar-refractivity contribution in [3.63, 3.8) is 0 Å². The van der Waals surface area contributed by atoms with Crippen molar-refractivity contribution in [3.8, 4) is 0 Å². The molecule has 2 aromatic rings. The minimum absolute atomic E-state index is 0.150. The second kappa shape index (κ2) is 9.64. The number of benzene rings is 2. The van der Waals surface area contributed by atoms with Crippen molar-refractivity contribution in [2.45, 2.75) is 32.2 Å². The molecule has 148 valence electrons. The number of carbonyl (C=O) groups excluding carboxylic acids is 1. The van der Waals surface area contributed by atoms with E-state index in [1.54, 1.807) is 11.6 Å². The van der Waals surface area contributed by atoms with E-state index in [0.717, 1.165) is 31.4 Å². The molecular formula is C23H28N2O3. The van der Waals surface area contributed by atoms with E-state index < -0.39 is 5.91 Å². The minimum atomic E-state index is -0.538. The van der Waals surface area contributed by atoms with Gasteiger partial charge in [-0.15, -0.1) is 0 Å². The Morgan fingerprint density at radius 2 is 2.07 bits per heavy atom. The lowest BCUT2D eigenvalue weighted by atomic mass is 10.0. The lowest BCUT2D eigenvalue weighted by Crippen LogP contribution is -2.32. The summed E-state index contributed by atoms with van der Waals surface area (Å²) >= 11 is 0. The molecule has 1 atom stereocenters. The highest BCUT2D eigenvalue weighted by Gasteiger charge is 2.27. The smallest absolute Gasteiger partial charge is 0.267 e. The summed E-state index contributed by atoms with van der Waals surface area (Å²) in [5.41, 5.74) is 7.80. The maximum atomic E-state index is 11.2. The van der Waals surface area contributed by atoms with Crippen molar-refractivity contribution in [2.24, 2.45) is 0 Å². The fourth-order valence-electron chi connectivity index (χ4n) is 4.01. The predicted molar refractivity (Wildman–Crippen MR) is 110 cm³/mol. The van der Waals surface area contributed by atoms with Gasteiger partial charge in [0, 0.05) is 25.2 Å². The summed E-state index contributed by atoms with van der Waals surface area (Å²) in [5, 5.41) is 18.2. The van der Waals surface area contributed by atoms with Crippen LogP contribution in [0.25, 0.3) is 6.08 Å². The van der Waals surface area contributed by atoms with E-state index in [0.29, 0.717) is 12.6 Å². The van der Waals surface area contributed by atoms with Crippen molar-refractivity contribution in [1.29, 1.82) is 0 Å². The second-order valence-electron chi connectivity index (χ2n) is 7.26. The van der Waals surface area contributed by atoms with Crippen LogP contribution in [-0.4, -0.2) is 40.8 Å². The van der Waals surface area contributed by atoms with Gasteiger partial charge in [0.2, 0.25) is 0 Å². The van der Waals surface area contributed by atoms with E-state index >= 15 is 0 Å². The minimum Gasteiger partial charge on any atom is -0.395 e. The molecule has 1 amide bonds. The molecule has 1 aliphatic carbocycles. The first-order valence-electron chi connectivity index (χ1n) is 9.76. The number of carbonyl (C=O) groups is 1. The van der Waals surface area contributed by atoms with Gasteiger partial charge in [0.15, 0.2) is 0 Å². The van der Waals surface area contributed by atoms with Gasteiger partial charge in [-0.2, -0.15) is 0 Å². The third kappa shape index (κ3) is 4.87. The Morgan fingerprint density at radius 3 is 2.82 bits per heavy atom. The Bertz CT molecular complexity index is 847. The molecule has 0 saturated carbocycles. The van der Waals surface area contributed by atoms with Gasteiger partial charge < -0.3 is 5.11 Å². The van der Waals surface area contributed by atoms with Gasteiger partial charge in [-0.25, -0.2) is 5.48 Å². The van der Waals surface area contributed by atoms with Crippen molar-refractivity contribution >= 4 is 12.0 Å². The molecule has 0 spiro atoms. The van der Waals surface area contributed by atoms with Crippen LogP contribution in [0.2, 0.25) is 0 Å². The number of aryl methyl sites for hydroxylation is 2. The average Bonchev–Trinajstić information content (AvgIpc) is 3.13. The number of hydroxylamine groups is 1. The molecule has 2 aromatic carbocycles. The van der Waals surface area contributed by atoms with Gasteiger partial charge in [-0.1, -0.05) is 42.5 Å². The van der Waals surface area contributed by atoms with E-state index in [2.05, 4.69) is 48.2 Å². The first kappa shape index (κ1) is 20.3. The molecule has 5 heteroatoms. The number of aliphatic hydroxyl groups is 1. The standard InChI is InChI=1S/C23H28N2O3/c1-17-4-2-3-5-19(17)12-13-25(14-15-26)22-10-8-20-16-18(6-9-21(20)22)7-11-23(27)24-28/h2-7,9,11,16,22,26,28H,8,10,12-15H2,1H3,(H,24,27). The van der Waals surface area contributed by atoms with Crippen LogP contribution >= 0.6 is 0 Å². The van der Waals surface area contributed by atoms with E-state index in [-0.39, 0.29) is 6.61 Å². The molecule has 5 nitrogen and oxygen atoms in total. The zero-order valence-corrected chi connectivity index (χ0v) is 16.3. The van der Waals surface area contributed by atoms with Crippen molar-refractivity contribution < 1.29 is 15.1 Å². The molecule has 28 heavy (non-hydrogen) atoms. The van der Waals surface area contributed by atoms with Gasteiger partial charge in [0.25, 0.3) is 5.91 Å². The normalized spacial score (nSPS) is 15.9. The highest BCUT2D eigenvalue weighted by Crippen LogP contribution is 2.36. The third-order valence-electron chi connectivity index (χ3n) is 5.51. The number of amides is 1. The highest BCUT2D eigenvalue weighted by atomic mass is 16.5. The lowest BCUT2D eigenvalue weighted by Gasteiger charge is -2.29. The molecule has 0 fully saturated rings. The number of nitrogens with one attached hydrogen (secondary N) is 1. The Labute approximate surface area is 166 Å². The number of hydrogen-bond acceptors (Lipinski definition) is 4. The van der Waals surface area contributed by atoms with Crippen molar-refractivity contribution in [3.05, 3.63) is 76.4 Å². The molecule has 0 aliphatic heterocycles.